The maximum absolute atomic E-state index is 12.8. The van der Waals surface area contributed by atoms with Gasteiger partial charge < -0.3 is 5.32 Å². The summed E-state index contributed by atoms with van der Waals surface area (Å²) in [4.78, 5) is 12.3. The van der Waals surface area contributed by atoms with Crippen LogP contribution < -0.4 is 5.32 Å². The van der Waals surface area contributed by atoms with Crippen molar-refractivity contribution in [2.45, 2.75) is 56.0 Å². The van der Waals surface area contributed by atoms with Crippen molar-refractivity contribution in [3.8, 4) is 0 Å². The lowest BCUT2D eigenvalue weighted by atomic mass is 10.1. The highest BCUT2D eigenvalue weighted by molar-refractivity contribution is 7.89. The van der Waals surface area contributed by atoms with Crippen LogP contribution in [-0.4, -0.2) is 37.3 Å². The van der Waals surface area contributed by atoms with Crippen LogP contribution in [0.3, 0.4) is 0 Å². The molecule has 1 aliphatic carbocycles. The van der Waals surface area contributed by atoms with Crippen molar-refractivity contribution in [1.82, 2.24) is 9.62 Å². The predicted molar refractivity (Wildman–Crippen MR) is 84.1 cm³/mol. The Morgan fingerprint density at radius 1 is 1.23 bits per heavy atom. The van der Waals surface area contributed by atoms with Crippen LogP contribution in [0, 0.1) is 0 Å². The monoisotopic (exact) mass is 322 g/mol. The number of rotatable bonds is 4. The smallest absolute Gasteiger partial charge is 0.251 e. The number of amides is 1. The van der Waals surface area contributed by atoms with E-state index in [-0.39, 0.29) is 22.9 Å². The van der Waals surface area contributed by atoms with Crippen LogP contribution in [0.25, 0.3) is 0 Å². The lowest BCUT2D eigenvalue weighted by Gasteiger charge is -2.32. The summed E-state index contributed by atoms with van der Waals surface area (Å²) in [5.74, 6) is -0.189. The van der Waals surface area contributed by atoms with Crippen LogP contribution in [-0.2, 0) is 10.0 Å². The number of sulfonamides is 1. The third-order valence-corrected chi connectivity index (χ3v) is 6.37. The molecule has 22 heavy (non-hydrogen) atoms. The molecule has 1 heterocycles. The maximum atomic E-state index is 12.8. The molecule has 120 valence electrons. The Hall–Kier alpha value is -1.40. The van der Waals surface area contributed by atoms with Crippen LogP contribution in [0.2, 0.25) is 0 Å². The van der Waals surface area contributed by atoms with Crippen molar-refractivity contribution in [3.63, 3.8) is 0 Å². The number of carbonyl (C=O) groups excluding carboxylic acids is 1. The molecular weight excluding hydrogens is 300 g/mol. The minimum Gasteiger partial charge on any atom is -0.349 e. The van der Waals surface area contributed by atoms with Crippen LogP contribution in [0.15, 0.2) is 29.2 Å². The summed E-state index contributed by atoms with van der Waals surface area (Å²) < 4.78 is 27.2. The van der Waals surface area contributed by atoms with Gasteiger partial charge in [0.25, 0.3) is 5.91 Å². The largest absolute Gasteiger partial charge is 0.349 e. The molecule has 1 N–H and O–H groups in total. The first kappa shape index (κ1) is 15.5. The predicted octanol–water partition coefficient (Wildman–Crippen LogP) is 2.14. The molecule has 0 unspecified atom stereocenters. The van der Waals surface area contributed by atoms with E-state index in [2.05, 4.69) is 5.32 Å². The number of nitrogens with zero attached hydrogens (tertiary/aromatic N) is 1. The first-order chi connectivity index (χ1) is 10.5. The van der Waals surface area contributed by atoms with Gasteiger partial charge in [-0.1, -0.05) is 12.5 Å². The van der Waals surface area contributed by atoms with Gasteiger partial charge in [0, 0.05) is 24.2 Å². The van der Waals surface area contributed by atoms with Crippen molar-refractivity contribution in [3.05, 3.63) is 29.8 Å². The third kappa shape index (κ3) is 3.17. The van der Waals surface area contributed by atoms with Crippen molar-refractivity contribution < 1.29 is 13.2 Å². The van der Waals surface area contributed by atoms with E-state index in [1.54, 1.807) is 22.5 Å². The zero-order chi connectivity index (χ0) is 15.7. The van der Waals surface area contributed by atoms with Gasteiger partial charge >= 0.3 is 0 Å². The second-order valence-corrected chi connectivity index (χ2v) is 8.13. The first-order valence-corrected chi connectivity index (χ1v) is 9.35. The fraction of sp³-hybridized carbons (Fsp3) is 0.562. The van der Waals surface area contributed by atoms with Gasteiger partial charge in [0.1, 0.15) is 0 Å². The number of nitrogens with one attached hydrogen (secondary N) is 1. The maximum Gasteiger partial charge on any atom is 0.251 e. The average molecular weight is 322 g/mol. The molecule has 1 atom stereocenters. The van der Waals surface area contributed by atoms with Gasteiger partial charge in [-0.2, -0.15) is 4.31 Å². The van der Waals surface area contributed by atoms with E-state index in [0.29, 0.717) is 12.1 Å². The van der Waals surface area contributed by atoms with Crippen LogP contribution in [0.5, 0.6) is 0 Å². The van der Waals surface area contributed by atoms with Crippen molar-refractivity contribution in [1.29, 1.82) is 0 Å². The average Bonchev–Trinajstić information content (AvgIpc) is 3.31. The molecule has 3 rings (SSSR count). The second-order valence-electron chi connectivity index (χ2n) is 6.24. The fourth-order valence-corrected chi connectivity index (χ4v) is 4.60. The normalized spacial score (nSPS) is 23.2. The summed E-state index contributed by atoms with van der Waals surface area (Å²) in [5, 5.41) is 2.89. The van der Waals surface area contributed by atoms with Crippen molar-refractivity contribution in [2.75, 3.05) is 6.54 Å². The summed E-state index contributed by atoms with van der Waals surface area (Å²) in [6.07, 6.45) is 4.87. The Bertz CT molecular complexity index is 668. The van der Waals surface area contributed by atoms with E-state index in [4.69, 9.17) is 0 Å². The SMILES string of the molecule is C[C@@H]1CCCCN1S(=O)(=O)c1cccc(C(=O)NC2CC2)c1. The van der Waals surface area contributed by atoms with Gasteiger partial charge in [0.15, 0.2) is 0 Å². The summed E-state index contributed by atoms with van der Waals surface area (Å²) in [5.41, 5.74) is 0.414. The van der Waals surface area contributed by atoms with Crippen LogP contribution in [0.1, 0.15) is 49.4 Å². The summed E-state index contributed by atoms with van der Waals surface area (Å²) in [6.45, 7) is 2.50. The Morgan fingerprint density at radius 3 is 2.68 bits per heavy atom. The molecule has 0 radical (unpaired) electrons. The standard InChI is InChI=1S/C16H22N2O3S/c1-12-5-2-3-10-18(12)22(20,21)15-7-4-6-13(11-15)16(19)17-14-8-9-14/h4,6-7,11-12,14H,2-3,5,8-10H2,1H3,(H,17,19)/t12-/m1/s1. The molecule has 1 saturated heterocycles. The van der Waals surface area contributed by atoms with Gasteiger partial charge in [-0.3, -0.25) is 4.79 Å². The Balaban J connectivity index is 1.85. The number of hydrogen-bond acceptors (Lipinski definition) is 3. The molecule has 0 spiro atoms. The number of piperidine rings is 1. The number of benzene rings is 1. The zero-order valence-electron chi connectivity index (χ0n) is 12.8. The van der Waals surface area contributed by atoms with Gasteiger partial charge in [0.05, 0.1) is 4.90 Å². The van der Waals surface area contributed by atoms with Crippen LogP contribution in [0.4, 0.5) is 0 Å². The fourth-order valence-electron chi connectivity index (χ4n) is 2.86. The summed E-state index contributed by atoms with van der Waals surface area (Å²) in [6, 6.07) is 6.65. The number of carbonyl (C=O) groups is 1. The van der Waals surface area contributed by atoms with Gasteiger partial charge in [-0.25, -0.2) is 8.42 Å². The zero-order valence-corrected chi connectivity index (χ0v) is 13.6. The lowest BCUT2D eigenvalue weighted by Crippen LogP contribution is -2.42. The molecule has 1 amide bonds. The van der Waals surface area contributed by atoms with Crippen molar-refractivity contribution >= 4 is 15.9 Å². The molecule has 2 aliphatic rings. The number of hydrogen-bond donors (Lipinski definition) is 1. The minimum absolute atomic E-state index is 0.0164. The van der Waals surface area contributed by atoms with E-state index in [1.807, 2.05) is 6.92 Å². The van der Waals surface area contributed by atoms with Gasteiger partial charge in [-0.05, 0) is 50.8 Å². The Labute approximate surface area is 131 Å². The van der Waals surface area contributed by atoms with Crippen molar-refractivity contribution in [2.24, 2.45) is 0 Å². The van der Waals surface area contributed by atoms with E-state index >= 15 is 0 Å². The van der Waals surface area contributed by atoms with E-state index in [1.165, 1.54) is 6.07 Å². The molecule has 5 nitrogen and oxygen atoms in total. The quantitative estimate of drug-likeness (QED) is 0.923. The molecule has 0 bridgehead atoms. The Kier molecular flexibility index (Phi) is 4.23. The van der Waals surface area contributed by atoms with E-state index in [9.17, 15) is 13.2 Å². The Morgan fingerprint density at radius 2 is 2.00 bits per heavy atom. The molecule has 2 fully saturated rings. The van der Waals surface area contributed by atoms with E-state index in [0.717, 1.165) is 32.1 Å². The third-order valence-electron chi connectivity index (χ3n) is 4.36. The summed E-state index contributed by atoms with van der Waals surface area (Å²) in [7, 11) is -3.53. The minimum atomic E-state index is -3.53. The van der Waals surface area contributed by atoms with Gasteiger partial charge in [-0.15, -0.1) is 0 Å². The molecule has 1 aliphatic heterocycles. The highest BCUT2D eigenvalue weighted by Gasteiger charge is 2.31. The molecule has 1 aromatic carbocycles. The second kappa shape index (κ2) is 6.01. The topological polar surface area (TPSA) is 66.5 Å². The molecule has 0 aromatic heterocycles. The molecule has 6 heteroatoms. The first-order valence-electron chi connectivity index (χ1n) is 7.91. The highest BCUT2D eigenvalue weighted by atomic mass is 32.2. The molecular formula is C16H22N2O3S. The van der Waals surface area contributed by atoms with E-state index < -0.39 is 10.0 Å². The molecule has 1 saturated carbocycles. The van der Waals surface area contributed by atoms with Gasteiger partial charge in [0.2, 0.25) is 10.0 Å². The highest BCUT2D eigenvalue weighted by Crippen LogP contribution is 2.26. The van der Waals surface area contributed by atoms with Crippen LogP contribution >= 0.6 is 0 Å². The molecule has 1 aromatic rings. The summed E-state index contributed by atoms with van der Waals surface area (Å²) >= 11 is 0. The lowest BCUT2D eigenvalue weighted by molar-refractivity contribution is 0.0951.